The van der Waals surface area contributed by atoms with Gasteiger partial charge in [-0.1, -0.05) is 30.3 Å². The lowest BCUT2D eigenvalue weighted by atomic mass is 10.1. The topological polar surface area (TPSA) is 59.1 Å². The van der Waals surface area contributed by atoms with Crippen molar-refractivity contribution in [1.29, 1.82) is 0 Å². The fourth-order valence-electron chi connectivity index (χ4n) is 1.86. The molecule has 0 N–H and O–H groups in total. The van der Waals surface area contributed by atoms with E-state index in [4.69, 9.17) is 9.47 Å². The van der Waals surface area contributed by atoms with Crippen molar-refractivity contribution in [2.75, 3.05) is 20.4 Å². The Morgan fingerprint density at radius 1 is 1.32 bits per heavy atom. The van der Waals surface area contributed by atoms with Crippen molar-refractivity contribution in [3.63, 3.8) is 0 Å². The molecule has 102 valence electrons. The molecule has 1 heterocycles. The minimum atomic E-state index is -0.432. The van der Waals surface area contributed by atoms with E-state index in [1.807, 2.05) is 13.0 Å². The summed E-state index contributed by atoms with van der Waals surface area (Å²) in [5, 5.41) is 0. The Hall–Kier alpha value is -1.72. The third-order valence-corrected chi connectivity index (χ3v) is 2.98. The monoisotopic (exact) mass is 263 g/mol. The molecule has 1 aromatic carbocycles. The Morgan fingerprint density at radius 2 is 1.95 bits per heavy atom. The van der Waals surface area contributed by atoms with Gasteiger partial charge in [-0.25, -0.2) is 0 Å². The lowest BCUT2D eigenvalue weighted by Crippen LogP contribution is -2.40. The van der Waals surface area contributed by atoms with Gasteiger partial charge in [0.1, 0.15) is 6.73 Å². The van der Waals surface area contributed by atoms with Crippen molar-refractivity contribution in [1.82, 2.24) is 4.90 Å². The molecular weight excluding hydrogens is 246 g/mol. The number of epoxide rings is 1. The highest BCUT2D eigenvalue weighted by molar-refractivity contribution is 5.99. The number of ether oxygens (including phenoxy) is 2. The van der Waals surface area contributed by atoms with E-state index in [-0.39, 0.29) is 31.1 Å². The molecule has 0 aliphatic carbocycles. The van der Waals surface area contributed by atoms with Crippen LogP contribution in [0.1, 0.15) is 17.3 Å². The summed E-state index contributed by atoms with van der Waals surface area (Å²) in [4.78, 5) is 25.5. The van der Waals surface area contributed by atoms with Crippen molar-refractivity contribution in [2.45, 2.75) is 19.1 Å². The van der Waals surface area contributed by atoms with Gasteiger partial charge in [0.25, 0.3) is 5.91 Å². The fourth-order valence-corrected chi connectivity index (χ4v) is 1.86. The van der Waals surface area contributed by atoms with Crippen molar-refractivity contribution in [3.8, 4) is 0 Å². The summed E-state index contributed by atoms with van der Waals surface area (Å²) in [6, 6.07) is 8.89. The van der Waals surface area contributed by atoms with E-state index in [2.05, 4.69) is 0 Å². The number of ketones is 1. The molecule has 5 nitrogen and oxygen atoms in total. The predicted octanol–water partition coefficient (Wildman–Crippen LogP) is 1.09. The van der Waals surface area contributed by atoms with Gasteiger partial charge in [-0.05, 0) is 6.92 Å². The van der Waals surface area contributed by atoms with E-state index in [1.165, 1.54) is 12.0 Å². The van der Waals surface area contributed by atoms with Crippen LogP contribution in [0, 0.1) is 0 Å². The quantitative estimate of drug-likeness (QED) is 0.438. The molecule has 1 fully saturated rings. The molecule has 2 rings (SSSR count). The standard InChI is InChI=1S/C14H17NO4/c1-10-13(19-10)14(17)15(9-18-2)8-12(16)11-6-4-3-5-7-11/h3-7,10,13H,8-9H2,1-2H3/t10-,13-/m1/s1. The number of carbonyl (C=O) groups excluding carboxylic acids is 2. The Bertz CT molecular complexity index is 460. The summed E-state index contributed by atoms with van der Waals surface area (Å²) in [7, 11) is 1.49. The first kappa shape index (κ1) is 13.7. The number of methoxy groups -OCH3 is 1. The van der Waals surface area contributed by atoms with Crippen molar-refractivity contribution >= 4 is 11.7 Å². The first-order valence-electron chi connectivity index (χ1n) is 6.15. The molecule has 0 radical (unpaired) electrons. The van der Waals surface area contributed by atoms with Crippen LogP contribution in [-0.4, -0.2) is 49.2 Å². The Morgan fingerprint density at radius 3 is 2.47 bits per heavy atom. The van der Waals surface area contributed by atoms with Crippen molar-refractivity contribution in [2.24, 2.45) is 0 Å². The van der Waals surface area contributed by atoms with Gasteiger partial charge in [0.15, 0.2) is 11.9 Å². The molecule has 2 atom stereocenters. The largest absolute Gasteiger partial charge is 0.364 e. The zero-order chi connectivity index (χ0) is 13.8. The van der Waals surface area contributed by atoms with Gasteiger partial charge in [-0.3, -0.25) is 9.59 Å². The average molecular weight is 263 g/mol. The summed E-state index contributed by atoms with van der Waals surface area (Å²) < 4.78 is 10.1. The van der Waals surface area contributed by atoms with Crippen LogP contribution in [0.15, 0.2) is 30.3 Å². The number of rotatable bonds is 6. The molecular formula is C14H17NO4. The second kappa shape index (κ2) is 5.95. The van der Waals surface area contributed by atoms with Gasteiger partial charge in [0.2, 0.25) is 0 Å². The number of hydrogen-bond donors (Lipinski definition) is 0. The summed E-state index contributed by atoms with van der Waals surface area (Å²) in [6.07, 6.45) is -0.502. The number of hydrogen-bond acceptors (Lipinski definition) is 4. The summed E-state index contributed by atoms with van der Waals surface area (Å²) >= 11 is 0. The van der Waals surface area contributed by atoms with E-state index in [0.29, 0.717) is 5.56 Å². The lowest BCUT2D eigenvalue weighted by Gasteiger charge is -2.20. The Kier molecular flexibility index (Phi) is 4.29. The minimum absolute atomic E-state index is 0.00324. The second-order valence-electron chi connectivity index (χ2n) is 4.50. The zero-order valence-corrected chi connectivity index (χ0v) is 11.0. The fraction of sp³-hybridized carbons (Fsp3) is 0.429. The summed E-state index contributed by atoms with van der Waals surface area (Å²) in [5.74, 6) is -0.307. The van der Waals surface area contributed by atoms with Crippen LogP contribution in [0.2, 0.25) is 0 Å². The number of Topliss-reactive ketones (excluding diaryl/α,β-unsaturated/α-hetero) is 1. The van der Waals surface area contributed by atoms with Gasteiger partial charge < -0.3 is 14.4 Å². The number of amides is 1. The maximum absolute atomic E-state index is 12.1. The normalized spacial score (nSPS) is 20.9. The molecule has 1 saturated heterocycles. The van der Waals surface area contributed by atoms with E-state index >= 15 is 0 Å². The minimum Gasteiger partial charge on any atom is -0.364 e. The highest BCUT2D eigenvalue weighted by Gasteiger charge is 2.43. The van der Waals surface area contributed by atoms with Crippen LogP contribution in [0.4, 0.5) is 0 Å². The van der Waals surface area contributed by atoms with Gasteiger partial charge in [0.05, 0.1) is 12.6 Å². The van der Waals surface area contributed by atoms with Gasteiger partial charge in [0, 0.05) is 12.7 Å². The van der Waals surface area contributed by atoms with Gasteiger partial charge in [-0.15, -0.1) is 0 Å². The number of benzene rings is 1. The molecule has 1 amide bonds. The third kappa shape index (κ3) is 3.39. The van der Waals surface area contributed by atoms with Crippen LogP contribution in [0.3, 0.4) is 0 Å². The van der Waals surface area contributed by atoms with E-state index < -0.39 is 6.10 Å². The average Bonchev–Trinajstić information content (AvgIpc) is 3.15. The molecule has 0 bridgehead atoms. The molecule has 19 heavy (non-hydrogen) atoms. The highest BCUT2D eigenvalue weighted by Crippen LogP contribution is 2.23. The smallest absolute Gasteiger partial charge is 0.256 e. The Balaban J connectivity index is 2.00. The van der Waals surface area contributed by atoms with E-state index in [0.717, 1.165) is 0 Å². The van der Waals surface area contributed by atoms with Crippen LogP contribution in [0.5, 0.6) is 0 Å². The maximum Gasteiger partial charge on any atom is 0.256 e. The SMILES string of the molecule is COCN(CC(=O)c1ccccc1)C(=O)[C@@H]1O[C@@H]1C. The number of nitrogens with zero attached hydrogens (tertiary/aromatic N) is 1. The molecule has 5 heteroatoms. The number of carbonyl (C=O) groups is 2. The molecule has 0 saturated carbocycles. The van der Waals surface area contributed by atoms with Crippen LogP contribution in [-0.2, 0) is 14.3 Å². The first-order valence-corrected chi connectivity index (χ1v) is 6.15. The third-order valence-electron chi connectivity index (χ3n) is 2.98. The molecule has 0 unspecified atom stereocenters. The lowest BCUT2D eigenvalue weighted by molar-refractivity contribution is -0.136. The van der Waals surface area contributed by atoms with Crippen LogP contribution in [0.25, 0.3) is 0 Å². The van der Waals surface area contributed by atoms with E-state index in [1.54, 1.807) is 24.3 Å². The van der Waals surface area contributed by atoms with Crippen molar-refractivity contribution < 1.29 is 19.1 Å². The highest BCUT2D eigenvalue weighted by atomic mass is 16.6. The molecule has 1 aliphatic rings. The van der Waals surface area contributed by atoms with Gasteiger partial charge in [-0.2, -0.15) is 0 Å². The van der Waals surface area contributed by atoms with Crippen LogP contribution >= 0.6 is 0 Å². The summed E-state index contributed by atoms with van der Waals surface area (Å²) in [5.41, 5.74) is 0.584. The first-order chi connectivity index (χ1) is 9.13. The second-order valence-corrected chi connectivity index (χ2v) is 4.50. The van der Waals surface area contributed by atoms with Crippen molar-refractivity contribution in [3.05, 3.63) is 35.9 Å². The zero-order valence-electron chi connectivity index (χ0n) is 11.0. The molecule has 1 aromatic rings. The van der Waals surface area contributed by atoms with Gasteiger partial charge >= 0.3 is 0 Å². The van der Waals surface area contributed by atoms with E-state index in [9.17, 15) is 9.59 Å². The maximum atomic E-state index is 12.1. The molecule has 0 aromatic heterocycles. The Labute approximate surface area is 112 Å². The summed E-state index contributed by atoms with van der Waals surface area (Å²) in [6.45, 7) is 1.92. The predicted molar refractivity (Wildman–Crippen MR) is 68.7 cm³/mol. The molecule has 1 aliphatic heterocycles. The molecule has 0 spiro atoms. The van der Waals surface area contributed by atoms with Crippen LogP contribution < -0.4 is 0 Å².